The summed E-state index contributed by atoms with van der Waals surface area (Å²) in [7, 11) is 3.07. The average molecular weight is 387 g/mol. The third-order valence-electron chi connectivity index (χ3n) is 4.55. The molecular weight excluding hydrogens is 365 g/mol. The van der Waals surface area contributed by atoms with Crippen LogP contribution in [0.5, 0.6) is 5.88 Å². The second-order valence-electron chi connectivity index (χ2n) is 6.74. The molecule has 0 aliphatic carbocycles. The lowest BCUT2D eigenvalue weighted by Crippen LogP contribution is -2.45. The molecule has 0 saturated carbocycles. The van der Waals surface area contributed by atoms with Gasteiger partial charge < -0.3 is 14.8 Å². The first kappa shape index (κ1) is 19.6. The zero-order chi connectivity index (χ0) is 20.3. The standard InChI is InChI=1S/C19H22FN5O3/c1-19(2,28-4)16(11-5-7-12(20)8-6-11)23-18(26)22-15-9-14-13(10-21-15)17(27-3)25-24-14/h5-10,16H,1-4H3,(H,24,25)(H2,21,22,23,26). The fraction of sp³-hybridized carbons (Fsp3) is 0.316. The van der Waals surface area contributed by atoms with Gasteiger partial charge in [-0.05, 0) is 31.5 Å². The number of H-pyrrole nitrogens is 1. The number of fused-ring (bicyclic) bond motifs is 1. The van der Waals surface area contributed by atoms with Crippen molar-refractivity contribution in [3.63, 3.8) is 0 Å². The molecule has 2 heterocycles. The van der Waals surface area contributed by atoms with Crippen LogP contribution in [0.3, 0.4) is 0 Å². The van der Waals surface area contributed by atoms with E-state index in [0.29, 0.717) is 28.2 Å². The number of nitrogens with one attached hydrogen (secondary N) is 3. The van der Waals surface area contributed by atoms with Crippen LogP contribution in [0.1, 0.15) is 25.5 Å². The number of halogens is 1. The van der Waals surface area contributed by atoms with Crippen molar-refractivity contribution in [2.75, 3.05) is 19.5 Å². The molecule has 2 aromatic heterocycles. The number of rotatable bonds is 6. The number of urea groups is 1. The zero-order valence-corrected chi connectivity index (χ0v) is 16.0. The molecule has 0 radical (unpaired) electrons. The topological polar surface area (TPSA) is 101 Å². The Morgan fingerprint density at radius 1 is 1.25 bits per heavy atom. The van der Waals surface area contributed by atoms with Gasteiger partial charge in [-0.2, -0.15) is 0 Å². The SMILES string of the molecule is COc1n[nH]c2cc(NC(=O)NC(c3ccc(F)cc3)C(C)(C)OC)ncc12. The Labute approximate surface area is 161 Å². The van der Waals surface area contributed by atoms with Crippen molar-refractivity contribution >= 4 is 22.8 Å². The fourth-order valence-corrected chi connectivity index (χ4v) is 2.83. The molecule has 1 atom stereocenters. The lowest BCUT2D eigenvalue weighted by Gasteiger charge is -2.34. The van der Waals surface area contributed by atoms with Gasteiger partial charge in [0.05, 0.1) is 29.7 Å². The Balaban J connectivity index is 1.79. The van der Waals surface area contributed by atoms with Crippen LogP contribution in [-0.4, -0.2) is 41.0 Å². The molecule has 0 saturated heterocycles. The molecular formula is C19H22FN5O3. The first-order valence-corrected chi connectivity index (χ1v) is 8.60. The van der Waals surface area contributed by atoms with Crippen LogP contribution in [-0.2, 0) is 4.74 Å². The van der Waals surface area contributed by atoms with Crippen LogP contribution in [0.4, 0.5) is 15.0 Å². The molecule has 3 rings (SSSR count). The lowest BCUT2D eigenvalue weighted by molar-refractivity contribution is -0.00742. The van der Waals surface area contributed by atoms with Gasteiger partial charge in [0.1, 0.15) is 11.6 Å². The van der Waals surface area contributed by atoms with Gasteiger partial charge in [0, 0.05) is 19.4 Å². The minimum Gasteiger partial charge on any atom is -0.479 e. The Morgan fingerprint density at radius 3 is 2.61 bits per heavy atom. The summed E-state index contributed by atoms with van der Waals surface area (Å²) in [5.41, 5.74) is 0.656. The molecule has 0 aliphatic rings. The normalized spacial score (nSPS) is 12.6. The van der Waals surface area contributed by atoms with E-state index < -0.39 is 17.7 Å². The number of nitrogens with zero attached hydrogens (tertiary/aromatic N) is 2. The number of aromatic nitrogens is 3. The first-order valence-electron chi connectivity index (χ1n) is 8.60. The number of anilines is 1. The van der Waals surface area contributed by atoms with Crippen LogP contribution in [0.2, 0.25) is 0 Å². The third kappa shape index (κ3) is 4.04. The summed E-state index contributed by atoms with van der Waals surface area (Å²) in [4.78, 5) is 16.8. The highest BCUT2D eigenvalue weighted by Gasteiger charge is 2.32. The van der Waals surface area contributed by atoms with E-state index in [1.54, 1.807) is 31.5 Å². The summed E-state index contributed by atoms with van der Waals surface area (Å²) in [5, 5.41) is 13.1. The number of benzene rings is 1. The molecule has 2 amide bonds. The average Bonchev–Trinajstić information content (AvgIpc) is 3.09. The van der Waals surface area contributed by atoms with Crippen LogP contribution >= 0.6 is 0 Å². The minimum absolute atomic E-state index is 0.337. The van der Waals surface area contributed by atoms with Gasteiger partial charge in [0.25, 0.3) is 0 Å². The van der Waals surface area contributed by atoms with Crippen LogP contribution < -0.4 is 15.4 Å². The van der Waals surface area contributed by atoms with E-state index in [2.05, 4.69) is 25.8 Å². The minimum atomic E-state index is -0.733. The van der Waals surface area contributed by atoms with Crippen LogP contribution in [0.25, 0.3) is 10.9 Å². The summed E-state index contributed by atoms with van der Waals surface area (Å²) < 4.78 is 23.9. The molecule has 28 heavy (non-hydrogen) atoms. The lowest BCUT2D eigenvalue weighted by atomic mass is 9.91. The van der Waals surface area contributed by atoms with Crippen molar-refractivity contribution in [2.45, 2.75) is 25.5 Å². The number of pyridine rings is 1. The molecule has 8 nitrogen and oxygen atoms in total. The highest BCUT2D eigenvalue weighted by Crippen LogP contribution is 2.29. The van der Waals surface area contributed by atoms with Crippen molar-refractivity contribution in [1.29, 1.82) is 0 Å². The summed E-state index contributed by atoms with van der Waals surface area (Å²) in [6.07, 6.45) is 1.56. The van der Waals surface area contributed by atoms with Crippen LogP contribution in [0.15, 0.2) is 36.5 Å². The van der Waals surface area contributed by atoms with E-state index >= 15 is 0 Å². The summed E-state index contributed by atoms with van der Waals surface area (Å²) in [6, 6.07) is 6.57. The van der Waals surface area contributed by atoms with Gasteiger partial charge in [-0.3, -0.25) is 10.4 Å². The van der Waals surface area contributed by atoms with E-state index in [0.717, 1.165) is 0 Å². The van der Waals surface area contributed by atoms with Crippen molar-refractivity contribution < 1.29 is 18.7 Å². The zero-order valence-electron chi connectivity index (χ0n) is 16.0. The Kier molecular flexibility index (Phi) is 5.46. The van der Waals surface area contributed by atoms with Gasteiger partial charge in [0.2, 0.25) is 5.88 Å². The van der Waals surface area contributed by atoms with Crippen molar-refractivity contribution in [2.24, 2.45) is 0 Å². The first-order chi connectivity index (χ1) is 13.3. The summed E-state index contributed by atoms with van der Waals surface area (Å²) in [6.45, 7) is 3.67. The fourth-order valence-electron chi connectivity index (χ4n) is 2.83. The summed E-state index contributed by atoms with van der Waals surface area (Å²) in [5.74, 6) is 0.413. The van der Waals surface area contributed by atoms with Gasteiger partial charge in [0.15, 0.2) is 0 Å². The maximum Gasteiger partial charge on any atom is 0.320 e. The van der Waals surface area contributed by atoms with Gasteiger partial charge in [-0.15, -0.1) is 5.10 Å². The van der Waals surface area contributed by atoms with E-state index in [4.69, 9.17) is 9.47 Å². The third-order valence-corrected chi connectivity index (χ3v) is 4.55. The van der Waals surface area contributed by atoms with Crippen LogP contribution in [0, 0.1) is 5.82 Å². The van der Waals surface area contributed by atoms with Gasteiger partial charge in [-0.1, -0.05) is 12.1 Å². The molecule has 0 fully saturated rings. The smallest absolute Gasteiger partial charge is 0.320 e. The van der Waals surface area contributed by atoms with E-state index in [1.807, 2.05) is 13.8 Å². The van der Waals surface area contributed by atoms with Gasteiger partial charge >= 0.3 is 6.03 Å². The number of methoxy groups -OCH3 is 2. The highest BCUT2D eigenvalue weighted by molar-refractivity contribution is 5.92. The second kappa shape index (κ2) is 7.81. The molecule has 0 bridgehead atoms. The van der Waals surface area contributed by atoms with E-state index in [1.165, 1.54) is 19.2 Å². The Bertz CT molecular complexity index is 971. The molecule has 9 heteroatoms. The summed E-state index contributed by atoms with van der Waals surface area (Å²) >= 11 is 0. The Hall–Kier alpha value is -3.20. The number of ether oxygens (including phenoxy) is 2. The second-order valence-corrected chi connectivity index (χ2v) is 6.74. The molecule has 3 N–H and O–H groups in total. The molecule has 1 aromatic carbocycles. The number of carbonyl (C=O) groups is 1. The highest BCUT2D eigenvalue weighted by atomic mass is 19.1. The number of amides is 2. The molecule has 0 aliphatic heterocycles. The number of carbonyl (C=O) groups excluding carboxylic acids is 1. The number of aromatic amines is 1. The van der Waals surface area contributed by atoms with Crippen molar-refractivity contribution in [3.05, 3.63) is 47.9 Å². The quantitative estimate of drug-likeness (QED) is 0.602. The van der Waals surface area contributed by atoms with Gasteiger partial charge in [-0.25, -0.2) is 14.2 Å². The molecule has 0 spiro atoms. The van der Waals surface area contributed by atoms with E-state index in [9.17, 15) is 9.18 Å². The number of hydrogen-bond donors (Lipinski definition) is 3. The largest absolute Gasteiger partial charge is 0.479 e. The predicted octanol–water partition coefficient (Wildman–Crippen LogP) is 3.39. The maximum absolute atomic E-state index is 13.3. The van der Waals surface area contributed by atoms with Crippen molar-refractivity contribution in [3.8, 4) is 5.88 Å². The molecule has 148 valence electrons. The number of hydrogen-bond acceptors (Lipinski definition) is 5. The maximum atomic E-state index is 13.3. The molecule has 1 unspecified atom stereocenters. The monoisotopic (exact) mass is 387 g/mol. The predicted molar refractivity (Wildman–Crippen MR) is 103 cm³/mol. The molecule has 3 aromatic rings. The van der Waals surface area contributed by atoms with E-state index in [-0.39, 0.29) is 5.82 Å². The van der Waals surface area contributed by atoms with Crippen molar-refractivity contribution in [1.82, 2.24) is 20.5 Å². The Morgan fingerprint density at radius 2 is 1.96 bits per heavy atom.